The summed E-state index contributed by atoms with van der Waals surface area (Å²) in [5, 5.41) is 9.65. The summed E-state index contributed by atoms with van der Waals surface area (Å²) in [5.41, 5.74) is 4.87. The van der Waals surface area contributed by atoms with E-state index < -0.39 is 0 Å². The molecule has 0 spiro atoms. The van der Waals surface area contributed by atoms with E-state index in [1.54, 1.807) is 6.20 Å². The number of rotatable bonds is 2. The summed E-state index contributed by atoms with van der Waals surface area (Å²) in [7, 11) is 2.21. The Bertz CT molecular complexity index is 1090. The zero-order valence-electron chi connectivity index (χ0n) is 15.5. The molecular formula is C23H21N3S. The van der Waals surface area contributed by atoms with Crippen LogP contribution in [0.25, 0.3) is 21.3 Å². The number of nitrogens with zero attached hydrogens (tertiary/aromatic N) is 3. The van der Waals surface area contributed by atoms with Crippen LogP contribution in [0.15, 0.2) is 66.9 Å². The Kier molecular flexibility index (Phi) is 3.85. The SMILES string of the molecule is CN1Cc2cc(-c3cccnn3)ccc2C(C)(c2cc3ccccc3s2)C1. The number of thiophene rings is 1. The van der Waals surface area contributed by atoms with Gasteiger partial charge in [-0.05, 0) is 60.8 Å². The topological polar surface area (TPSA) is 29.0 Å². The molecule has 1 aliphatic heterocycles. The second-order valence-electron chi connectivity index (χ2n) is 7.63. The minimum atomic E-state index is -0.00703. The van der Waals surface area contributed by atoms with E-state index in [0.717, 1.165) is 24.3 Å². The van der Waals surface area contributed by atoms with E-state index in [2.05, 4.69) is 77.6 Å². The highest BCUT2D eigenvalue weighted by Crippen LogP contribution is 2.44. The predicted octanol–water partition coefficient (Wildman–Crippen LogP) is 5.11. The summed E-state index contributed by atoms with van der Waals surface area (Å²) in [6, 6.07) is 21.8. The van der Waals surface area contributed by atoms with Crippen LogP contribution in [0.1, 0.15) is 22.9 Å². The summed E-state index contributed by atoms with van der Waals surface area (Å²) in [6.45, 7) is 4.37. The monoisotopic (exact) mass is 371 g/mol. The van der Waals surface area contributed by atoms with E-state index in [0.29, 0.717) is 0 Å². The van der Waals surface area contributed by atoms with Gasteiger partial charge < -0.3 is 4.90 Å². The Morgan fingerprint density at radius 1 is 1.04 bits per heavy atom. The van der Waals surface area contributed by atoms with Crippen LogP contribution >= 0.6 is 11.3 Å². The average Bonchev–Trinajstić information content (AvgIpc) is 3.13. The molecule has 0 radical (unpaired) electrons. The summed E-state index contributed by atoms with van der Waals surface area (Å²) in [4.78, 5) is 3.86. The normalized spacial score (nSPS) is 19.9. The maximum atomic E-state index is 4.28. The van der Waals surface area contributed by atoms with Crippen molar-refractivity contribution >= 4 is 21.4 Å². The van der Waals surface area contributed by atoms with Crippen molar-refractivity contribution in [1.29, 1.82) is 0 Å². The Morgan fingerprint density at radius 3 is 2.74 bits per heavy atom. The van der Waals surface area contributed by atoms with Gasteiger partial charge in [0.25, 0.3) is 0 Å². The van der Waals surface area contributed by atoms with E-state index in [-0.39, 0.29) is 5.41 Å². The summed E-state index contributed by atoms with van der Waals surface area (Å²) in [5.74, 6) is 0. The van der Waals surface area contributed by atoms with Crippen LogP contribution in [0.5, 0.6) is 0 Å². The third-order valence-electron chi connectivity index (χ3n) is 5.56. The minimum Gasteiger partial charge on any atom is -0.301 e. The quantitative estimate of drug-likeness (QED) is 0.490. The molecule has 4 heteroatoms. The van der Waals surface area contributed by atoms with Crippen molar-refractivity contribution in [2.45, 2.75) is 18.9 Å². The van der Waals surface area contributed by atoms with Crippen molar-refractivity contribution in [3.63, 3.8) is 0 Å². The van der Waals surface area contributed by atoms with Gasteiger partial charge in [-0.15, -0.1) is 11.3 Å². The molecule has 2 aromatic carbocycles. The van der Waals surface area contributed by atoms with Crippen LogP contribution in [0.2, 0.25) is 0 Å². The van der Waals surface area contributed by atoms with Gasteiger partial charge in [0, 0.05) is 39.8 Å². The average molecular weight is 372 g/mol. The molecule has 0 fully saturated rings. The molecule has 1 atom stereocenters. The van der Waals surface area contributed by atoms with Gasteiger partial charge in [0.15, 0.2) is 0 Å². The smallest absolute Gasteiger partial charge is 0.0929 e. The maximum Gasteiger partial charge on any atom is 0.0929 e. The summed E-state index contributed by atoms with van der Waals surface area (Å²) < 4.78 is 1.36. The van der Waals surface area contributed by atoms with Gasteiger partial charge in [-0.1, -0.05) is 30.3 Å². The molecule has 4 aromatic rings. The van der Waals surface area contributed by atoms with Crippen molar-refractivity contribution in [1.82, 2.24) is 15.1 Å². The first-order valence-electron chi connectivity index (χ1n) is 9.22. The molecule has 1 aliphatic rings. The lowest BCUT2D eigenvalue weighted by atomic mass is 9.75. The number of aromatic nitrogens is 2. The van der Waals surface area contributed by atoms with Crippen molar-refractivity contribution < 1.29 is 0 Å². The number of likely N-dealkylation sites (N-methyl/N-ethyl adjacent to an activating group) is 1. The fraction of sp³-hybridized carbons (Fsp3) is 0.217. The fourth-order valence-corrected chi connectivity index (χ4v) is 5.53. The summed E-state index contributed by atoms with van der Waals surface area (Å²) >= 11 is 1.92. The molecular weight excluding hydrogens is 350 g/mol. The van der Waals surface area contributed by atoms with Gasteiger partial charge in [-0.25, -0.2) is 0 Å². The molecule has 0 amide bonds. The molecule has 5 rings (SSSR count). The number of benzene rings is 2. The molecule has 134 valence electrons. The van der Waals surface area contributed by atoms with E-state index >= 15 is 0 Å². The molecule has 0 N–H and O–H groups in total. The van der Waals surface area contributed by atoms with Crippen LogP contribution in [0.3, 0.4) is 0 Å². The Hall–Kier alpha value is -2.56. The van der Waals surface area contributed by atoms with Crippen molar-refractivity contribution in [2.24, 2.45) is 0 Å². The molecule has 0 saturated carbocycles. The Morgan fingerprint density at radius 2 is 1.93 bits per heavy atom. The van der Waals surface area contributed by atoms with Crippen molar-refractivity contribution in [3.05, 3.63) is 82.9 Å². The maximum absolute atomic E-state index is 4.28. The molecule has 1 unspecified atom stereocenters. The lowest BCUT2D eigenvalue weighted by Gasteiger charge is -2.40. The van der Waals surface area contributed by atoms with E-state index in [1.165, 1.54) is 26.1 Å². The first-order valence-corrected chi connectivity index (χ1v) is 10.0. The molecule has 0 bridgehead atoms. The number of fused-ring (bicyclic) bond motifs is 2. The van der Waals surface area contributed by atoms with Crippen molar-refractivity contribution in [3.8, 4) is 11.3 Å². The van der Waals surface area contributed by atoms with Crippen LogP contribution in [-0.4, -0.2) is 28.7 Å². The van der Waals surface area contributed by atoms with Gasteiger partial charge in [0.1, 0.15) is 0 Å². The lowest BCUT2D eigenvalue weighted by molar-refractivity contribution is 0.250. The largest absolute Gasteiger partial charge is 0.301 e. The molecule has 3 heterocycles. The molecule has 27 heavy (non-hydrogen) atoms. The van der Waals surface area contributed by atoms with Gasteiger partial charge in [-0.3, -0.25) is 0 Å². The van der Waals surface area contributed by atoms with E-state index in [9.17, 15) is 0 Å². The van der Waals surface area contributed by atoms with Crippen LogP contribution in [0, 0.1) is 0 Å². The van der Waals surface area contributed by atoms with E-state index in [4.69, 9.17) is 0 Å². The highest BCUT2D eigenvalue weighted by atomic mass is 32.1. The second kappa shape index (κ2) is 6.25. The zero-order valence-corrected chi connectivity index (χ0v) is 16.3. The van der Waals surface area contributed by atoms with Gasteiger partial charge in [-0.2, -0.15) is 10.2 Å². The third-order valence-corrected chi connectivity index (χ3v) is 6.94. The van der Waals surface area contributed by atoms with Crippen LogP contribution in [0.4, 0.5) is 0 Å². The molecule has 2 aromatic heterocycles. The first kappa shape index (κ1) is 16.6. The Balaban J connectivity index is 1.65. The Labute approximate surface area is 163 Å². The van der Waals surface area contributed by atoms with Crippen LogP contribution < -0.4 is 0 Å². The highest BCUT2D eigenvalue weighted by molar-refractivity contribution is 7.19. The minimum absolute atomic E-state index is 0.00703. The molecule has 0 aliphatic carbocycles. The van der Waals surface area contributed by atoms with Crippen molar-refractivity contribution in [2.75, 3.05) is 13.6 Å². The lowest BCUT2D eigenvalue weighted by Crippen LogP contribution is -2.42. The third kappa shape index (κ3) is 2.76. The number of hydrogen-bond donors (Lipinski definition) is 0. The second-order valence-corrected chi connectivity index (χ2v) is 8.72. The first-order chi connectivity index (χ1) is 13.1. The standard InChI is InChI=1S/C23H21N3S/c1-23(22-13-17-6-3-4-8-21(17)27-22)15-26(2)14-18-12-16(9-10-19(18)23)20-7-5-11-24-25-20/h3-13H,14-15H2,1-2H3. The predicted molar refractivity (Wildman–Crippen MR) is 112 cm³/mol. The van der Waals surface area contributed by atoms with Gasteiger partial charge in [0.05, 0.1) is 5.69 Å². The number of hydrogen-bond acceptors (Lipinski definition) is 4. The van der Waals surface area contributed by atoms with Gasteiger partial charge >= 0.3 is 0 Å². The molecule has 3 nitrogen and oxygen atoms in total. The van der Waals surface area contributed by atoms with Crippen LogP contribution in [-0.2, 0) is 12.0 Å². The fourth-order valence-electron chi connectivity index (χ4n) is 4.31. The van der Waals surface area contributed by atoms with Gasteiger partial charge in [0.2, 0.25) is 0 Å². The summed E-state index contributed by atoms with van der Waals surface area (Å²) in [6.07, 6.45) is 1.72. The zero-order chi connectivity index (χ0) is 18.4. The van der Waals surface area contributed by atoms with E-state index in [1.807, 2.05) is 23.5 Å². The highest BCUT2D eigenvalue weighted by Gasteiger charge is 2.37. The molecule has 0 saturated heterocycles.